The van der Waals surface area contributed by atoms with Crippen LogP contribution in [-0.4, -0.2) is 59.8 Å². The van der Waals surface area contributed by atoms with Crippen molar-refractivity contribution in [2.24, 2.45) is 0 Å². The van der Waals surface area contributed by atoms with E-state index in [9.17, 15) is 23.1 Å². The maximum absolute atomic E-state index is 11.7. The molecule has 1 rings (SSSR count). The molecule has 1 aliphatic heterocycles. The first-order chi connectivity index (χ1) is 8.93. The Kier molecular flexibility index (Phi) is 4.65. The van der Waals surface area contributed by atoms with Crippen LogP contribution >= 0.6 is 0 Å². The van der Waals surface area contributed by atoms with Gasteiger partial charge in [-0.05, 0) is 20.3 Å². The second-order valence-corrected chi connectivity index (χ2v) is 7.96. The minimum atomic E-state index is -3.13. The van der Waals surface area contributed by atoms with E-state index in [1.165, 1.54) is 6.92 Å². The second-order valence-electron chi connectivity index (χ2n) is 5.78. The summed E-state index contributed by atoms with van der Waals surface area (Å²) in [5.74, 6) is -1.27. The number of aliphatic hydroxyl groups is 1. The summed E-state index contributed by atoms with van der Waals surface area (Å²) in [4.78, 5) is 22.2. The molecule has 9 heteroatoms. The Morgan fingerprint density at radius 1 is 1.40 bits per heavy atom. The van der Waals surface area contributed by atoms with Crippen LogP contribution in [0.5, 0.6) is 0 Å². The molecule has 2 amide bonds. The fourth-order valence-electron chi connectivity index (χ4n) is 2.09. The molecule has 0 aliphatic carbocycles. The monoisotopic (exact) mass is 308 g/mol. The lowest BCUT2D eigenvalue weighted by atomic mass is 10.0. The topological polar surface area (TPSA) is 133 Å². The Balaban J connectivity index is 2.47. The van der Waals surface area contributed by atoms with Crippen LogP contribution in [0.3, 0.4) is 0 Å². The zero-order valence-corrected chi connectivity index (χ0v) is 12.3. The number of carbonyl (C=O) groups is 2. The third-order valence-electron chi connectivity index (χ3n) is 3.08. The molecular formula is C11H20N2O6S. The summed E-state index contributed by atoms with van der Waals surface area (Å²) in [7, 11) is -3.13. The van der Waals surface area contributed by atoms with Gasteiger partial charge in [0.15, 0.2) is 9.84 Å². The first kappa shape index (κ1) is 16.7. The number of rotatable bonds is 5. The summed E-state index contributed by atoms with van der Waals surface area (Å²) in [5.41, 5.74) is -2.40. The summed E-state index contributed by atoms with van der Waals surface area (Å²) >= 11 is 0. The fraction of sp³-hybridized carbons (Fsp3) is 0.818. The van der Waals surface area contributed by atoms with Gasteiger partial charge in [-0.2, -0.15) is 0 Å². The predicted molar refractivity (Wildman–Crippen MR) is 71.1 cm³/mol. The summed E-state index contributed by atoms with van der Waals surface area (Å²) in [6.07, 6.45) is -0.173. The zero-order chi connectivity index (χ0) is 15.6. The van der Waals surface area contributed by atoms with E-state index in [4.69, 9.17) is 5.11 Å². The molecule has 0 radical (unpaired) electrons. The molecule has 4 N–H and O–H groups in total. The number of sulfone groups is 1. The lowest BCUT2D eigenvalue weighted by Crippen LogP contribution is -2.53. The molecule has 0 saturated carbocycles. The second kappa shape index (κ2) is 5.57. The molecule has 1 aliphatic rings. The van der Waals surface area contributed by atoms with Gasteiger partial charge in [0.1, 0.15) is 0 Å². The van der Waals surface area contributed by atoms with Crippen LogP contribution in [0.1, 0.15) is 26.7 Å². The Hall–Kier alpha value is -1.35. The normalized spacial score (nSPS) is 27.6. The largest absolute Gasteiger partial charge is 0.481 e. The van der Waals surface area contributed by atoms with Crippen LogP contribution in [0.25, 0.3) is 0 Å². The van der Waals surface area contributed by atoms with E-state index in [1.54, 1.807) is 6.92 Å². The number of carbonyl (C=O) groups excluding carboxylic acids is 1. The summed E-state index contributed by atoms with van der Waals surface area (Å²) in [5, 5.41) is 23.2. The summed E-state index contributed by atoms with van der Waals surface area (Å²) in [6.45, 7) is 2.68. The summed E-state index contributed by atoms with van der Waals surface area (Å²) in [6, 6.07) is -0.629. The molecule has 0 aromatic rings. The van der Waals surface area contributed by atoms with Gasteiger partial charge in [-0.15, -0.1) is 0 Å². The standard InChI is InChI=1S/C11H20N2O6S/c1-10(3-4-20(18,19)7-10)13-9(16)12-6-11(2,17)5-8(14)15/h17H,3-7H2,1-2H3,(H,14,15)(H2,12,13,16). The maximum atomic E-state index is 11.7. The van der Waals surface area contributed by atoms with Gasteiger partial charge in [-0.1, -0.05) is 0 Å². The Bertz CT molecular complexity index is 501. The Labute approximate surface area is 117 Å². The van der Waals surface area contributed by atoms with Crippen LogP contribution < -0.4 is 10.6 Å². The fourth-order valence-corrected chi connectivity index (χ4v) is 4.18. The van der Waals surface area contributed by atoms with Crippen LogP contribution in [0.4, 0.5) is 4.79 Å². The molecule has 116 valence electrons. The number of amides is 2. The van der Waals surface area contributed by atoms with Crippen LogP contribution in [0.2, 0.25) is 0 Å². The number of carboxylic acids is 1. The van der Waals surface area contributed by atoms with E-state index in [0.29, 0.717) is 6.42 Å². The number of nitrogens with one attached hydrogen (secondary N) is 2. The smallest absolute Gasteiger partial charge is 0.315 e. The van der Waals surface area contributed by atoms with Crippen LogP contribution in [0.15, 0.2) is 0 Å². The molecular weight excluding hydrogens is 288 g/mol. The molecule has 20 heavy (non-hydrogen) atoms. The number of hydrogen-bond donors (Lipinski definition) is 4. The highest BCUT2D eigenvalue weighted by atomic mass is 32.2. The van der Waals surface area contributed by atoms with Crippen molar-refractivity contribution in [2.45, 2.75) is 37.8 Å². The van der Waals surface area contributed by atoms with E-state index >= 15 is 0 Å². The lowest BCUT2D eigenvalue weighted by molar-refractivity contribution is -0.141. The Morgan fingerprint density at radius 3 is 2.45 bits per heavy atom. The third-order valence-corrected chi connectivity index (χ3v) is 4.98. The minimum absolute atomic E-state index is 0.0283. The maximum Gasteiger partial charge on any atom is 0.315 e. The molecule has 1 fully saturated rings. The van der Waals surface area contributed by atoms with Gasteiger partial charge in [-0.25, -0.2) is 13.2 Å². The highest BCUT2D eigenvalue weighted by Gasteiger charge is 2.39. The summed E-state index contributed by atoms with van der Waals surface area (Å²) < 4.78 is 22.8. The molecule has 8 nitrogen and oxygen atoms in total. The average Bonchev–Trinajstić information content (AvgIpc) is 2.48. The molecule has 0 aromatic heterocycles. The highest BCUT2D eigenvalue weighted by Crippen LogP contribution is 2.22. The van der Waals surface area contributed by atoms with Gasteiger partial charge >= 0.3 is 12.0 Å². The zero-order valence-electron chi connectivity index (χ0n) is 11.5. The number of hydrogen-bond acceptors (Lipinski definition) is 5. The first-order valence-electron chi connectivity index (χ1n) is 6.14. The molecule has 2 unspecified atom stereocenters. The molecule has 0 aromatic carbocycles. The van der Waals surface area contributed by atoms with Gasteiger partial charge in [0, 0.05) is 6.54 Å². The van der Waals surface area contributed by atoms with Crippen molar-refractivity contribution in [2.75, 3.05) is 18.1 Å². The van der Waals surface area contributed by atoms with E-state index in [2.05, 4.69) is 10.6 Å². The van der Waals surface area contributed by atoms with Crippen molar-refractivity contribution < 1.29 is 28.2 Å². The molecule has 2 atom stereocenters. The van der Waals surface area contributed by atoms with Gasteiger partial charge < -0.3 is 20.8 Å². The van der Waals surface area contributed by atoms with Crippen molar-refractivity contribution in [3.05, 3.63) is 0 Å². The van der Waals surface area contributed by atoms with Crippen LogP contribution in [-0.2, 0) is 14.6 Å². The van der Waals surface area contributed by atoms with Gasteiger partial charge in [-0.3, -0.25) is 4.79 Å². The van der Waals surface area contributed by atoms with Crippen molar-refractivity contribution in [3.63, 3.8) is 0 Å². The first-order valence-corrected chi connectivity index (χ1v) is 7.96. The predicted octanol–water partition coefficient (Wildman–Crippen LogP) is -0.911. The van der Waals surface area contributed by atoms with E-state index in [-0.39, 0.29) is 18.1 Å². The van der Waals surface area contributed by atoms with Crippen LogP contribution in [0, 0.1) is 0 Å². The Morgan fingerprint density at radius 2 is 2.00 bits per heavy atom. The van der Waals surface area contributed by atoms with Gasteiger partial charge in [0.2, 0.25) is 0 Å². The molecule has 1 heterocycles. The van der Waals surface area contributed by atoms with Crippen molar-refractivity contribution in [1.29, 1.82) is 0 Å². The SMILES string of the molecule is CC(O)(CNC(=O)NC1(C)CCS(=O)(=O)C1)CC(=O)O. The van der Waals surface area contributed by atoms with E-state index in [0.717, 1.165) is 0 Å². The van der Waals surface area contributed by atoms with Gasteiger partial charge in [0.25, 0.3) is 0 Å². The highest BCUT2D eigenvalue weighted by molar-refractivity contribution is 7.91. The molecule has 1 saturated heterocycles. The van der Waals surface area contributed by atoms with Crippen molar-refractivity contribution >= 4 is 21.8 Å². The molecule has 0 spiro atoms. The average molecular weight is 308 g/mol. The number of urea groups is 1. The molecule has 0 bridgehead atoms. The lowest BCUT2D eigenvalue weighted by Gasteiger charge is -2.26. The van der Waals surface area contributed by atoms with Crippen molar-refractivity contribution in [1.82, 2.24) is 10.6 Å². The third kappa shape index (κ3) is 5.33. The van der Waals surface area contributed by atoms with Gasteiger partial charge in [0.05, 0.1) is 29.1 Å². The van der Waals surface area contributed by atoms with Crippen molar-refractivity contribution in [3.8, 4) is 0 Å². The minimum Gasteiger partial charge on any atom is -0.481 e. The van der Waals surface area contributed by atoms with E-state index < -0.39 is 39.4 Å². The van der Waals surface area contributed by atoms with E-state index in [1.807, 2.05) is 0 Å². The number of aliphatic carboxylic acids is 1. The quantitative estimate of drug-likeness (QED) is 0.519. The number of carboxylic acid groups (broad SMARTS) is 1.